The van der Waals surface area contributed by atoms with E-state index in [-0.39, 0.29) is 0 Å². The molecule has 0 aliphatic carbocycles. The van der Waals surface area contributed by atoms with E-state index in [1.54, 1.807) is 0 Å². The Morgan fingerprint density at radius 3 is 2.67 bits per heavy atom. The molecule has 9 heavy (non-hydrogen) atoms. The summed E-state index contributed by atoms with van der Waals surface area (Å²) in [6.45, 7) is 4.40. The summed E-state index contributed by atoms with van der Waals surface area (Å²) < 4.78 is 0.904. The van der Waals surface area contributed by atoms with Crippen molar-refractivity contribution in [2.45, 2.75) is 31.1 Å². The molecule has 0 unspecified atom stereocenters. The van der Waals surface area contributed by atoms with Crippen LogP contribution in [0.1, 0.15) is 20.3 Å². The average Bonchev–Trinajstić information content (AvgIpc) is 2.10. The van der Waals surface area contributed by atoms with Crippen molar-refractivity contribution in [1.29, 1.82) is 0 Å². The van der Waals surface area contributed by atoms with E-state index >= 15 is 0 Å². The fourth-order valence-electron chi connectivity index (χ4n) is 0.991. The van der Waals surface area contributed by atoms with E-state index in [4.69, 9.17) is 5.73 Å². The zero-order valence-electron chi connectivity index (χ0n) is 5.79. The quantitative estimate of drug-likeness (QED) is 0.606. The van der Waals surface area contributed by atoms with Gasteiger partial charge >= 0.3 is 61.5 Å². The summed E-state index contributed by atoms with van der Waals surface area (Å²) in [6, 6.07) is 0.532. The van der Waals surface area contributed by atoms with Crippen molar-refractivity contribution in [2.75, 3.05) is 0 Å². The summed E-state index contributed by atoms with van der Waals surface area (Å²) in [5.74, 6) is 0. The van der Waals surface area contributed by atoms with E-state index in [0.29, 0.717) is 21.0 Å². The number of aliphatic imine (C=N–C) groups is 1. The van der Waals surface area contributed by atoms with Gasteiger partial charge in [0.05, 0.1) is 0 Å². The van der Waals surface area contributed by atoms with Crippen molar-refractivity contribution < 1.29 is 0 Å². The fourth-order valence-corrected chi connectivity index (χ4v) is 3.06. The Hall–Kier alpha value is -0.0105. The number of hydrogen-bond donors (Lipinski definition) is 1. The zero-order chi connectivity index (χ0) is 6.85. The molecular formula is C6H12N2Se. The molecule has 0 saturated carbocycles. The van der Waals surface area contributed by atoms with Crippen LogP contribution in [-0.2, 0) is 0 Å². The average molecular weight is 191 g/mol. The molecule has 1 aliphatic rings. The summed E-state index contributed by atoms with van der Waals surface area (Å²) in [7, 11) is 0. The van der Waals surface area contributed by atoms with Gasteiger partial charge in [-0.1, -0.05) is 0 Å². The van der Waals surface area contributed by atoms with E-state index in [1.165, 1.54) is 0 Å². The first-order valence-electron chi connectivity index (χ1n) is 3.24. The van der Waals surface area contributed by atoms with E-state index in [2.05, 4.69) is 18.8 Å². The van der Waals surface area contributed by atoms with E-state index < -0.39 is 0 Å². The molecule has 2 nitrogen and oxygen atoms in total. The Labute approximate surface area is 62.1 Å². The monoisotopic (exact) mass is 192 g/mol. The van der Waals surface area contributed by atoms with Crippen LogP contribution in [0.2, 0.25) is 4.82 Å². The van der Waals surface area contributed by atoms with Crippen LogP contribution in [0, 0.1) is 0 Å². The Kier molecular flexibility index (Phi) is 2.14. The molecule has 2 atom stereocenters. The second-order valence-corrected chi connectivity index (χ2v) is 5.20. The minimum absolute atomic E-state index is 0.487. The molecule has 0 radical (unpaired) electrons. The van der Waals surface area contributed by atoms with Gasteiger partial charge in [0, 0.05) is 0 Å². The van der Waals surface area contributed by atoms with Crippen LogP contribution >= 0.6 is 0 Å². The summed E-state index contributed by atoms with van der Waals surface area (Å²) in [5, 5.41) is 0. The molecule has 0 spiro atoms. The molecule has 3 heteroatoms. The number of amidine groups is 1. The maximum atomic E-state index is 5.57. The van der Waals surface area contributed by atoms with Gasteiger partial charge in [-0.15, -0.1) is 0 Å². The SMILES string of the molecule is CC[C@H]1N=C(N)[Se][C@H]1C. The zero-order valence-corrected chi connectivity index (χ0v) is 7.51. The van der Waals surface area contributed by atoms with E-state index in [1.807, 2.05) is 0 Å². The van der Waals surface area contributed by atoms with Crippen LogP contribution in [0.4, 0.5) is 0 Å². The van der Waals surface area contributed by atoms with Gasteiger partial charge in [-0.05, 0) is 0 Å². The van der Waals surface area contributed by atoms with Gasteiger partial charge in [0.25, 0.3) is 0 Å². The van der Waals surface area contributed by atoms with Crippen LogP contribution in [0.3, 0.4) is 0 Å². The van der Waals surface area contributed by atoms with Crippen LogP contribution < -0.4 is 5.73 Å². The Balaban J connectivity index is 2.53. The normalized spacial score (nSPS) is 34.7. The van der Waals surface area contributed by atoms with Crippen molar-refractivity contribution in [3.63, 3.8) is 0 Å². The third kappa shape index (κ3) is 1.46. The predicted molar refractivity (Wildman–Crippen MR) is 40.9 cm³/mol. The van der Waals surface area contributed by atoms with Gasteiger partial charge < -0.3 is 0 Å². The van der Waals surface area contributed by atoms with Crippen molar-refractivity contribution in [3.8, 4) is 0 Å². The number of nitrogens with two attached hydrogens (primary N) is 1. The van der Waals surface area contributed by atoms with Crippen LogP contribution in [0.25, 0.3) is 0 Å². The van der Waals surface area contributed by atoms with Crippen molar-refractivity contribution in [2.24, 2.45) is 10.7 Å². The molecule has 0 bridgehead atoms. The van der Waals surface area contributed by atoms with Gasteiger partial charge in [0.1, 0.15) is 0 Å². The first-order valence-corrected chi connectivity index (χ1v) is 5.08. The summed E-state index contributed by atoms with van der Waals surface area (Å²) in [6.07, 6.45) is 1.14. The van der Waals surface area contributed by atoms with Gasteiger partial charge in [-0.25, -0.2) is 0 Å². The molecule has 52 valence electrons. The standard InChI is InChI=1S/C6H12N2Se/c1-3-5-4(2)9-6(7)8-5/h4-5H,3H2,1-2H3,(H2,7,8)/t4-,5+/m0/s1. The minimum atomic E-state index is 0.487. The third-order valence-electron chi connectivity index (χ3n) is 1.56. The Bertz CT molecular complexity index is 133. The third-order valence-corrected chi connectivity index (χ3v) is 3.73. The molecule has 2 N–H and O–H groups in total. The van der Waals surface area contributed by atoms with Crippen molar-refractivity contribution in [1.82, 2.24) is 0 Å². The predicted octanol–water partition coefficient (Wildman–Crippen LogP) is 0.606. The van der Waals surface area contributed by atoms with Gasteiger partial charge in [-0.2, -0.15) is 0 Å². The molecule has 1 heterocycles. The van der Waals surface area contributed by atoms with E-state index in [0.717, 1.165) is 16.0 Å². The number of nitrogens with zero attached hydrogens (tertiary/aromatic N) is 1. The first kappa shape index (κ1) is 7.10. The van der Waals surface area contributed by atoms with Crippen molar-refractivity contribution in [3.05, 3.63) is 0 Å². The molecular weight excluding hydrogens is 179 g/mol. The molecule has 0 aromatic heterocycles. The summed E-state index contributed by atoms with van der Waals surface area (Å²) >= 11 is 0.487. The Morgan fingerprint density at radius 1 is 1.78 bits per heavy atom. The molecule has 0 saturated heterocycles. The topological polar surface area (TPSA) is 38.4 Å². The summed E-state index contributed by atoms with van der Waals surface area (Å²) in [4.78, 5) is 5.05. The molecule has 0 aromatic rings. The molecule has 0 fully saturated rings. The molecule has 0 amide bonds. The van der Waals surface area contributed by atoms with Gasteiger partial charge in [0.15, 0.2) is 0 Å². The second kappa shape index (κ2) is 2.72. The van der Waals surface area contributed by atoms with Crippen LogP contribution in [0.15, 0.2) is 4.99 Å². The van der Waals surface area contributed by atoms with Gasteiger partial charge in [-0.3, -0.25) is 0 Å². The van der Waals surface area contributed by atoms with Crippen LogP contribution in [-0.4, -0.2) is 25.7 Å². The maximum absolute atomic E-state index is 5.57. The molecule has 1 rings (SSSR count). The molecule has 1 aliphatic heterocycles. The first-order chi connectivity index (χ1) is 4.24. The van der Waals surface area contributed by atoms with Gasteiger partial charge in [0.2, 0.25) is 0 Å². The van der Waals surface area contributed by atoms with Crippen molar-refractivity contribution >= 4 is 19.7 Å². The fraction of sp³-hybridized carbons (Fsp3) is 0.833. The number of rotatable bonds is 1. The second-order valence-electron chi connectivity index (χ2n) is 2.27. The van der Waals surface area contributed by atoms with E-state index in [9.17, 15) is 0 Å². The number of hydrogen-bond acceptors (Lipinski definition) is 2. The molecule has 0 aromatic carbocycles. The Morgan fingerprint density at radius 2 is 2.44 bits per heavy atom. The summed E-state index contributed by atoms with van der Waals surface area (Å²) in [5.41, 5.74) is 5.57. The van der Waals surface area contributed by atoms with Crippen LogP contribution in [0.5, 0.6) is 0 Å².